The van der Waals surface area contributed by atoms with Crippen molar-refractivity contribution in [1.82, 2.24) is 0 Å². The first-order chi connectivity index (χ1) is 10.4. The molecule has 1 unspecified atom stereocenters. The summed E-state index contributed by atoms with van der Waals surface area (Å²) in [4.78, 5) is 0. The zero-order chi connectivity index (χ0) is 16.9. The summed E-state index contributed by atoms with van der Waals surface area (Å²) in [5.74, 6) is 0. The van der Waals surface area contributed by atoms with Crippen molar-refractivity contribution in [1.29, 1.82) is 0 Å². The predicted molar refractivity (Wildman–Crippen MR) is 102 cm³/mol. The summed E-state index contributed by atoms with van der Waals surface area (Å²) in [6.45, 7) is 3.75. The first-order valence-electron chi connectivity index (χ1n) is 9.04. The first kappa shape index (κ1) is 26.1. The number of nitrogens with two attached hydrogens (primary N) is 1. The van der Waals surface area contributed by atoms with Crippen LogP contribution in [0.5, 0.6) is 0 Å². The summed E-state index contributed by atoms with van der Waals surface area (Å²) >= 11 is 0. The molecule has 0 aromatic carbocycles. The molecule has 0 aliphatic heterocycles. The van der Waals surface area contributed by atoms with Gasteiger partial charge >= 0.3 is 29.6 Å². The summed E-state index contributed by atoms with van der Waals surface area (Å²) in [6, 6.07) is 0. The Bertz CT molecular complexity index is 363. The number of hydrogen-bond acceptors (Lipinski definition) is 3. The van der Waals surface area contributed by atoms with Crippen molar-refractivity contribution >= 4 is 39.7 Å². The van der Waals surface area contributed by atoms with Gasteiger partial charge in [0.2, 0.25) is 0 Å². The van der Waals surface area contributed by atoms with E-state index in [-0.39, 0.29) is 36.1 Å². The SMILES string of the molecule is CCCCCCCCCCCCCCC(C)(CN)S(=O)(=O)O.[NaH]. The van der Waals surface area contributed by atoms with Crippen LogP contribution in [0.4, 0.5) is 0 Å². The van der Waals surface area contributed by atoms with E-state index >= 15 is 0 Å². The zero-order valence-electron chi connectivity index (χ0n) is 14.6. The van der Waals surface area contributed by atoms with E-state index in [0.29, 0.717) is 6.42 Å². The van der Waals surface area contributed by atoms with E-state index in [1.165, 1.54) is 64.7 Å². The van der Waals surface area contributed by atoms with Crippen molar-refractivity contribution in [3.05, 3.63) is 0 Å². The predicted octanol–water partition coefficient (Wildman–Crippen LogP) is 4.03. The molecule has 4 nitrogen and oxygen atoms in total. The van der Waals surface area contributed by atoms with Crippen LogP contribution < -0.4 is 5.73 Å². The third-order valence-corrected chi connectivity index (χ3v) is 6.23. The Morgan fingerprint density at radius 2 is 1.17 bits per heavy atom. The molecule has 136 valence electrons. The second-order valence-electron chi connectivity index (χ2n) is 6.77. The molecule has 3 N–H and O–H groups in total. The maximum atomic E-state index is 11.3. The average molecular weight is 360 g/mol. The zero-order valence-corrected chi connectivity index (χ0v) is 15.5. The molecule has 6 heteroatoms. The molecule has 0 heterocycles. The van der Waals surface area contributed by atoms with Crippen LogP contribution in [-0.2, 0) is 10.1 Å². The number of rotatable bonds is 15. The molecule has 0 saturated heterocycles. The minimum absolute atomic E-state index is 0. The fourth-order valence-electron chi connectivity index (χ4n) is 2.68. The maximum absolute atomic E-state index is 11.3. The van der Waals surface area contributed by atoms with Gasteiger partial charge in [-0.15, -0.1) is 0 Å². The molecule has 0 aliphatic rings. The van der Waals surface area contributed by atoms with Crippen molar-refractivity contribution in [2.24, 2.45) is 5.73 Å². The summed E-state index contributed by atoms with van der Waals surface area (Å²) in [5.41, 5.74) is 5.49. The van der Waals surface area contributed by atoms with Gasteiger partial charge in [-0.3, -0.25) is 4.55 Å². The van der Waals surface area contributed by atoms with E-state index in [4.69, 9.17) is 5.73 Å². The van der Waals surface area contributed by atoms with Gasteiger partial charge in [-0.1, -0.05) is 84.0 Å². The average Bonchev–Trinajstić information content (AvgIpc) is 2.47. The van der Waals surface area contributed by atoms with Gasteiger partial charge in [-0.05, 0) is 13.3 Å². The monoisotopic (exact) mass is 359 g/mol. The number of hydrogen-bond donors (Lipinski definition) is 2. The second kappa shape index (κ2) is 15.2. The second-order valence-corrected chi connectivity index (χ2v) is 8.70. The molecule has 0 amide bonds. The van der Waals surface area contributed by atoms with E-state index in [9.17, 15) is 13.0 Å². The van der Waals surface area contributed by atoms with Crippen LogP contribution in [0, 0.1) is 0 Å². The molecule has 0 rings (SSSR count). The van der Waals surface area contributed by atoms with Crippen molar-refractivity contribution < 1.29 is 13.0 Å². The van der Waals surface area contributed by atoms with E-state index in [2.05, 4.69) is 6.92 Å². The topological polar surface area (TPSA) is 80.4 Å². The number of unbranched alkanes of at least 4 members (excludes halogenated alkanes) is 11. The summed E-state index contributed by atoms with van der Waals surface area (Å²) in [6.07, 6.45) is 15.4. The summed E-state index contributed by atoms with van der Waals surface area (Å²) in [7, 11) is -4.05. The molecule has 0 aliphatic carbocycles. The van der Waals surface area contributed by atoms with Gasteiger partial charge in [0, 0.05) is 6.54 Å². The van der Waals surface area contributed by atoms with Gasteiger partial charge in [-0.2, -0.15) is 8.42 Å². The Morgan fingerprint density at radius 3 is 1.48 bits per heavy atom. The van der Waals surface area contributed by atoms with Gasteiger partial charge in [0.25, 0.3) is 10.1 Å². The van der Waals surface area contributed by atoms with Gasteiger partial charge in [-0.25, -0.2) is 0 Å². The first-order valence-corrected chi connectivity index (χ1v) is 10.5. The molecule has 0 spiro atoms. The Balaban J connectivity index is 0. The molecular formula is C17H38NNaO3S. The molecule has 0 radical (unpaired) electrons. The van der Waals surface area contributed by atoms with Crippen LogP contribution >= 0.6 is 0 Å². The Morgan fingerprint density at radius 1 is 0.826 bits per heavy atom. The standard InChI is InChI=1S/C17H37NO3S.Na.H/c1-3-4-5-6-7-8-9-10-11-12-13-14-15-17(2,16-18)22(19,20)21;;/h3-16,18H2,1-2H3,(H,19,20,21);;. The summed E-state index contributed by atoms with van der Waals surface area (Å²) in [5, 5.41) is 0. The van der Waals surface area contributed by atoms with Gasteiger partial charge in [0.15, 0.2) is 0 Å². The molecule has 0 saturated carbocycles. The van der Waals surface area contributed by atoms with Crippen LogP contribution in [0.15, 0.2) is 0 Å². The van der Waals surface area contributed by atoms with E-state index < -0.39 is 14.9 Å². The van der Waals surface area contributed by atoms with E-state index in [1.54, 1.807) is 0 Å². The van der Waals surface area contributed by atoms with Gasteiger partial charge in [0.05, 0.1) is 0 Å². The van der Waals surface area contributed by atoms with Gasteiger partial charge < -0.3 is 5.73 Å². The van der Waals surface area contributed by atoms with Crippen molar-refractivity contribution in [2.75, 3.05) is 6.54 Å². The van der Waals surface area contributed by atoms with Crippen molar-refractivity contribution in [3.8, 4) is 0 Å². The summed E-state index contributed by atoms with van der Waals surface area (Å²) < 4.78 is 30.6. The van der Waals surface area contributed by atoms with Crippen LogP contribution in [0.25, 0.3) is 0 Å². The Kier molecular flexibility index (Phi) is 17.2. The van der Waals surface area contributed by atoms with Crippen molar-refractivity contribution in [2.45, 2.75) is 102 Å². The van der Waals surface area contributed by atoms with Gasteiger partial charge in [0.1, 0.15) is 4.75 Å². The molecule has 0 fully saturated rings. The minimum atomic E-state index is -4.05. The van der Waals surface area contributed by atoms with Crippen molar-refractivity contribution in [3.63, 3.8) is 0 Å². The van der Waals surface area contributed by atoms with E-state index in [1.807, 2.05) is 0 Å². The van der Waals surface area contributed by atoms with Crippen LogP contribution in [0.3, 0.4) is 0 Å². The third-order valence-electron chi connectivity index (χ3n) is 4.61. The molecule has 23 heavy (non-hydrogen) atoms. The molecular weight excluding hydrogens is 321 g/mol. The van der Waals surface area contributed by atoms with Crippen LogP contribution in [-0.4, -0.2) is 53.8 Å². The normalized spacial score (nSPS) is 14.3. The quantitative estimate of drug-likeness (QED) is 0.263. The van der Waals surface area contributed by atoms with E-state index in [0.717, 1.165) is 19.3 Å². The molecule has 0 bridgehead atoms. The van der Waals surface area contributed by atoms with Crippen LogP contribution in [0.2, 0.25) is 0 Å². The Labute approximate surface area is 166 Å². The Hall–Kier alpha value is 0.870. The molecule has 0 aromatic heterocycles. The fourth-order valence-corrected chi connectivity index (χ4v) is 3.29. The molecule has 1 atom stereocenters. The molecule has 0 aromatic rings. The fraction of sp³-hybridized carbons (Fsp3) is 1.00. The van der Waals surface area contributed by atoms with Crippen LogP contribution in [0.1, 0.15) is 97.3 Å². The third kappa shape index (κ3) is 12.8.